The van der Waals surface area contributed by atoms with Crippen LogP contribution in [0.5, 0.6) is 0 Å². The highest BCUT2D eigenvalue weighted by molar-refractivity contribution is 5.88. The van der Waals surface area contributed by atoms with Gasteiger partial charge in [0.15, 0.2) is 0 Å². The number of carbonyl (C=O) groups excluding carboxylic acids is 1. The average Bonchev–Trinajstić information content (AvgIpc) is 3.20. The molecule has 0 aliphatic rings. The maximum absolute atomic E-state index is 13.2. The van der Waals surface area contributed by atoms with Crippen molar-refractivity contribution in [2.24, 2.45) is 0 Å². The quantitative estimate of drug-likeness (QED) is 0.495. The molecule has 2 aromatic carbocycles. The van der Waals surface area contributed by atoms with Crippen molar-refractivity contribution in [2.45, 2.75) is 32.4 Å². The number of nitrogens with one attached hydrogen (secondary N) is 1. The van der Waals surface area contributed by atoms with Gasteiger partial charge in [0.1, 0.15) is 29.8 Å². The third-order valence-electron chi connectivity index (χ3n) is 5.01. The van der Waals surface area contributed by atoms with Crippen LogP contribution in [-0.2, 0) is 17.8 Å². The Morgan fingerprint density at radius 1 is 1.16 bits per heavy atom. The molecule has 4 rings (SSSR count). The lowest BCUT2D eigenvalue weighted by atomic mass is 10.1. The zero-order valence-corrected chi connectivity index (χ0v) is 16.9. The summed E-state index contributed by atoms with van der Waals surface area (Å²) in [5.74, 6) is -0.686. The number of fused-ring (bicyclic) bond motifs is 1. The Hall–Kier alpha value is -3.81. The number of aryl methyl sites for hydroxylation is 1. The first-order chi connectivity index (χ1) is 15.0. The monoisotopic (exact) mass is 420 g/mol. The lowest BCUT2D eigenvalue weighted by Gasteiger charge is -2.14. The Bertz CT molecular complexity index is 1250. The number of rotatable bonds is 7. The summed E-state index contributed by atoms with van der Waals surface area (Å²) >= 11 is 0. The predicted octanol–water partition coefficient (Wildman–Crippen LogP) is 3.33. The summed E-state index contributed by atoms with van der Waals surface area (Å²) in [7, 11) is 0. The van der Waals surface area contributed by atoms with E-state index in [4.69, 9.17) is 4.52 Å². The highest BCUT2D eigenvalue weighted by atomic mass is 19.1. The minimum atomic E-state index is -0.447. The molecule has 2 aromatic heterocycles. The van der Waals surface area contributed by atoms with Crippen molar-refractivity contribution in [3.05, 3.63) is 82.7 Å². The molecule has 1 atom stereocenters. The van der Waals surface area contributed by atoms with Gasteiger partial charge in [-0.05, 0) is 49.6 Å². The van der Waals surface area contributed by atoms with Crippen LogP contribution in [0.3, 0.4) is 0 Å². The number of amides is 1. The first-order valence-corrected chi connectivity index (χ1v) is 9.95. The molecule has 158 valence electrons. The molecule has 0 unspecified atom stereocenters. The average molecular weight is 420 g/mol. The molecule has 2 heterocycles. The fraction of sp³-hybridized carbons (Fsp3) is 0.217. The van der Waals surface area contributed by atoms with E-state index in [1.54, 1.807) is 0 Å². The molecule has 31 heavy (non-hydrogen) atoms. The second-order valence-electron chi connectivity index (χ2n) is 7.39. The number of nitrogens with zero attached hydrogens (tertiary/aromatic N) is 3. The van der Waals surface area contributed by atoms with E-state index < -0.39 is 11.4 Å². The number of benzene rings is 2. The minimum Gasteiger partial charge on any atom is -0.352 e. The normalized spacial score (nSPS) is 12.1. The molecule has 0 spiro atoms. The fourth-order valence-electron chi connectivity index (χ4n) is 3.37. The fourth-order valence-corrected chi connectivity index (χ4v) is 3.37. The van der Waals surface area contributed by atoms with Gasteiger partial charge in [0.25, 0.3) is 11.3 Å². The first-order valence-electron chi connectivity index (χ1n) is 9.95. The van der Waals surface area contributed by atoms with E-state index in [9.17, 15) is 14.0 Å². The summed E-state index contributed by atoms with van der Waals surface area (Å²) in [6.07, 6.45) is 2.89. The molecule has 0 radical (unpaired) electrons. The van der Waals surface area contributed by atoms with Crippen LogP contribution in [0, 0.1) is 5.82 Å². The van der Waals surface area contributed by atoms with Crippen LogP contribution in [0.4, 0.5) is 4.39 Å². The minimum absolute atomic E-state index is 0.0505. The molecule has 0 aliphatic heterocycles. The molecule has 8 heteroatoms. The van der Waals surface area contributed by atoms with Crippen molar-refractivity contribution >= 4 is 17.0 Å². The number of aromatic nitrogens is 3. The van der Waals surface area contributed by atoms with Crippen molar-refractivity contribution in [1.82, 2.24) is 20.0 Å². The van der Waals surface area contributed by atoms with Gasteiger partial charge in [-0.15, -0.1) is 0 Å². The van der Waals surface area contributed by atoms with Gasteiger partial charge in [-0.25, -0.2) is 9.37 Å². The molecule has 7 nitrogen and oxygen atoms in total. The van der Waals surface area contributed by atoms with E-state index in [0.29, 0.717) is 5.56 Å². The number of halogens is 1. The van der Waals surface area contributed by atoms with Gasteiger partial charge in [-0.1, -0.05) is 35.5 Å². The third kappa shape index (κ3) is 4.69. The molecule has 0 fully saturated rings. The number of hydrogen-bond donors (Lipinski definition) is 1. The summed E-state index contributed by atoms with van der Waals surface area (Å²) < 4.78 is 19.6. The summed E-state index contributed by atoms with van der Waals surface area (Å²) in [4.78, 5) is 29.5. The molecule has 0 aliphatic carbocycles. The number of hydrogen-bond acceptors (Lipinski definition) is 5. The SMILES string of the molecule is C[C@H](CCc1ccccc1)NC(=O)Cn1cnc2onc(-c3ccc(F)cc3)c2c1=O. The largest absolute Gasteiger partial charge is 0.352 e. The van der Waals surface area contributed by atoms with Crippen LogP contribution in [-0.4, -0.2) is 26.7 Å². The maximum atomic E-state index is 13.2. The molecule has 0 saturated heterocycles. The van der Waals surface area contributed by atoms with Crippen LogP contribution in [0.25, 0.3) is 22.4 Å². The second kappa shape index (κ2) is 8.91. The van der Waals surface area contributed by atoms with Crippen molar-refractivity contribution < 1.29 is 13.7 Å². The van der Waals surface area contributed by atoms with E-state index in [1.807, 2.05) is 37.3 Å². The van der Waals surface area contributed by atoms with Crippen molar-refractivity contribution in [3.63, 3.8) is 0 Å². The number of carbonyl (C=O) groups is 1. The molecular weight excluding hydrogens is 399 g/mol. The second-order valence-corrected chi connectivity index (χ2v) is 7.39. The van der Waals surface area contributed by atoms with E-state index in [0.717, 1.165) is 12.8 Å². The lowest BCUT2D eigenvalue weighted by Crippen LogP contribution is -2.37. The van der Waals surface area contributed by atoms with Crippen LogP contribution in [0.1, 0.15) is 18.9 Å². The summed E-state index contributed by atoms with van der Waals surface area (Å²) in [6.45, 7) is 1.75. The molecule has 1 N–H and O–H groups in total. The molecule has 0 bridgehead atoms. The molecule has 0 saturated carbocycles. The first kappa shape index (κ1) is 20.5. The van der Waals surface area contributed by atoms with Crippen LogP contribution in [0.15, 0.2) is 70.2 Å². The molecule has 1 amide bonds. The summed E-state index contributed by atoms with van der Waals surface area (Å²) in [5.41, 5.74) is 1.61. The van der Waals surface area contributed by atoms with Crippen molar-refractivity contribution in [2.75, 3.05) is 0 Å². The van der Waals surface area contributed by atoms with E-state index in [1.165, 1.54) is 40.7 Å². The van der Waals surface area contributed by atoms with Gasteiger partial charge in [0.2, 0.25) is 5.91 Å². The van der Waals surface area contributed by atoms with E-state index in [-0.39, 0.29) is 35.3 Å². The van der Waals surface area contributed by atoms with Gasteiger partial charge in [-0.3, -0.25) is 14.2 Å². The third-order valence-corrected chi connectivity index (χ3v) is 5.01. The van der Waals surface area contributed by atoms with Gasteiger partial charge in [0.05, 0.1) is 0 Å². The van der Waals surface area contributed by atoms with Crippen molar-refractivity contribution in [1.29, 1.82) is 0 Å². The Balaban J connectivity index is 1.47. The Labute approximate surface area is 177 Å². The zero-order valence-electron chi connectivity index (χ0n) is 16.9. The van der Waals surface area contributed by atoms with Crippen LogP contribution < -0.4 is 10.9 Å². The highest BCUT2D eigenvalue weighted by Gasteiger charge is 2.18. The maximum Gasteiger partial charge on any atom is 0.267 e. The van der Waals surface area contributed by atoms with E-state index in [2.05, 4.69) is 15.5 Å². The Kier molecular flexibility index (Phi) is 5.88. The Morgan fingerprint density at radius 2 is 1.90 bits per heavy atom. The van der Waals surface area contributed by atoms with Gasteiger partial charge >= 0.3 is 0 Å². The molecule has 4 aromatic rings. The summed E-state index contributed by atoms with van der Waals surface area (Å²) in [6, 6.07) is 15.5. The lowest BCUT2D eigenvalue weighted by molar-refractivity contribution is -0.122. The Morgan fingerprint density at radius 3 is 2.65 bits per heavy atom. The van der Waals surface area contributed by atoms with Gasteiger partial charge < -0.3 is 9.84 Å². The highest BCUT2D eigenvalue weighted by Crippen LogP contribution is 2.24. The van der Waals surface area contributed by atoms with Gasteiger partial charge in [0, 0.05) is 11.6 Å². The van der Waals surface area contributed by atoms with Crippen molar-refractivity contribution in [3.8, 4) is 11.3 Å². The van der Waals surface area contributed by atoms with Crippen LogP contribution >= 0.6 is 0 Å². The van der Waals surface area contributed by atoms with Crippen LogP contribution in [0.2, 0.25) is 0 Å². The van der Waals surface area contributed by atoms with Gasteiger partial charge in [-0.2, -0.15) is 0 Å². The zero-order chi connectivity index (χ0) is 21.8. The van der Waals surface area contributed by atoms with E-state index >= 15 is 0 Å². The predicted molar refractivity (Wildman–Crippen MR) is 114 cm³/mol. The topological polar surface area (TPSA) is 90.0 Å². The molecular formula is C23H21FN4O3. The standard InChI is InChI=1S/C23H21FN4O3/c1-15(7-8-16-5-3-2-4-6-16)26-19(29)13-28-14-25-22-20(23(28)30)21(27-31-22)17-9-11-18(24)12-10-17/h2-6,9-12,14-15H,7-8,13H2,1H3,(H,26,29)/t15-/m1/s1. The summed E-state index contributed by atoms with van der Waals surface area (Å²) in [5, 5.41) is 6.97. The smallest absolute Gasteiger partial charge is 0.267 e.